The predicted molar refractivity (Wildman–Crippen MR) is 98.1 cm³/mol. The van der Waals surface area contributed by atoms with Gasteiger partial charge in [-0.15, -0.1) is 0 Å². The van der Waals surface area contributed by atoms with Gasteiger partial charge in [-0.2, -0.15) is 4.98 Å². The van der Waals surface area contributed by atoms with Crippen LogP contribution in [0.1, 0.15) is 43.5 Å². The van der Waals surface area contributed by atoms with E-state index in [2.05, 4.69) is 66.3 Å². The number of rotatable bonds is 8. The van der Waals surface area contributed by atoms with E-state index in [4.69, 9.17) is 4.98 Å². The lowest BCUT2D eigenvalue weighted by atomic mass is 10.1. The number of aromatic nitrogens is 2. The number of hydrogen-bond donors (Lipinski definition) is 1. The maximum atomic E-state index is 4.71. The first-order valence-corrected chi connectivity index (χ1v) is 8.52. The van der Waals surface area contributed by atoms with Crippen LogP contribution in [0, 0.1) is 13.8 Å². The van der Waals surface area contributed by atoms with E-state index in [1.54, 1.807) is 0 Å². The van der Waals surface area contributed by atoms with Gasteiger partial charge in [-0.25, -0.2) is 4.98 Å². The zero-order valence-corrected chi connectivity index (χ0v) is 14.8. The average molecular weight is 312 g/mol. The zero-order valence-electron chi connectivity index (χ0n) is 14.8. The molecule has 4 nitrogen and oxygen atoms in total. The molecule has 0 saturated heterocycles. The molecular weight excluding hydrogens is 284 g/mol. The molecule has 0 atom stereocenters. The van der Waals surface area contributed by atoms with Crippen molar-refractivity contribution < 1.29 is 0 Å². The maximum absolute atomic E-state index is 4.71. The molecule has 0 saturated carbocycles. The number of hydrogen-bond acceptors (Lipinski definition) is 4. The molecule has 2 aromatic rings. The highest BCUT2D eigenvalue weighted by atomic mass is 15.2. The zero-order chi connectivity index (χ0) is 16.7. The van der Waals surface area contributed by atoms with E-state index in [0.717, 1.165) is 44.0 Å². The van der Waals surface area contributed by atoms with Gasteiger partial charge in [0.1, 0.15) is 5.82 Å². The van der Waals surface area contributed by atoms with Crippen LogP contribution in [0.2, 0.25) is 0 Å². The van der Waals surface area contributed by atoms with Gasteiger partial charge in [0.2, 0.25) is 5.95 Å². The van der Waals surface area contributed by atoms with Gasteiger partial charge in [0.25, 0.3) is 0 Å². The lowest BCUT2D eigenvalue weighted by Gasteiger charge is -2.23. The molecule has 0 bridgehead atoms. The van der Waals surface area contributed by atoms with Crippen molar-refractivity contribution in [2.75, 3.05) is 23.3 Å². The summed E-state index contributed by atoms with van der Waals surface area (Å²) in [5.41, 5.74) is 3.51. The summed E-state index contributed by atoms with van der Waals surface area (Å²) in [4.78, 5) is 11.6. The SMILES string of the molecule is CCCN(CCC)c1cc(C)nc(NCc2ccc(C)cc2)n1. The third-order valence-electron chi connectivity index (χ3n) is 3.72. The van der Waals surface area contributed by atoms with Crippen molar-refractivity contribution >= 4 is 11.8 Å². The lowest BCUT2D eigenvalue weighted by molar-refractivity contribution is 0.732. The molecule has 0 spiro atoms. The van der Waals surface area contributed by atoms with E-state index in [9.17, 15) is 0 Å². The Kier molecular flexibility index (Phi) is 6.39. The van der Waals surface area contributed by atoms with E-state index in [1.165, 1.54) is 11.1 Å². The van der Waals surface area contributed by atoms with Crippen LogP contribution < -0.4 is 10.2 Å². The van der Waals surface area contributed by atoms with Crippen molar-refractivity contribution in [3.05, 3.63) is 47.2 Å². The maximum Gasteiger partial charge on any atom is 0.225 e. The molecule has 1 heterocycles. The molecule has 2 rings (SSSR count). The first-order valence-electron chi connectivity index (χ1n) is 8.52. The Morgan fingerprint density at radius 3 is 2.22 bits per heavy atom. The van der Waals surface area contributed by atoms with Gasteiger partial charge in [0.05, 0.1) is 0 Å². The quantitative estimate of drug-likeness (QED) is 0.787. The van der Waals surface area contributed by atoms with Crippen LogP contribution in [-0.2, 0) is 6.54 Å². The summed E-state index contributed by atoms with van der Waals surface area (Å²) < 4.78 is 0. The molecule has 1 N–H and O–H groups in total. The topological polar surface area (TPSA) is 41.1 Å². The number of benzene rings is 1. The third-order valence-corrected chi connectivity index (χ3v) is 3.72. The first-order chi connectivity index (χ1) is 11.1. The molecule has 4 heteroatoms. The standard InChI is InChI=1S/C19H28N4/c1-5-11-23(12-6-2)18-13-16(4)21-19(22-18)20-14-17-9-7-15(3)8-10-17/h7-10,13H,5-6,11-12,14H2,1-4H3,(H,20,21,22). The van der Waals surface area contributed by atoms with Crippen LogP contribution in [-0.4, -0.2) is 23.1 Å². The molecule has 0 amide bonds. The average Bonchev–Trinajstić information content (AvgIpc) is 2.54. The van der Waals surface area contributed by atoms with Gasteiger partial charge in [0, 0.05) is 31.4 Å². The fraction of sp³-hybridized carbons (Fsp3) is 0.474. The van der Waals surface area contributed by atoms with Crippen molar-refractivity contribution in [1.29, 1.82) is 0 Å². The van der Waals surface area contributed by atoms with E-state index >= 15 is 0 Å². The summed E-state index contributed by atoms with van der Waals surface area (Å²) in [6, 6.07) is 10.6. The summed E-state index contributed by atoms with van der Waals surface area (Å²) in [6.07, 6.45) is 2.24. The van der Waals surface area contributed by atoms with Crippen molar-refractivity contribution in [2.45, 2.75) is 47.1 Å². The normalized spacial score (nSPS) is 10.6. The lowest BCUT2D eigenvalue weighted by Crippen LogP contribution is -2.26. The fourth-order valence-electron chi connectivity index (χ4n) is 2.56. The first kappa shape index (κ1) is 17.3. The molecular formula is C19H28N4. The Morgan fingerprint density at radius 1 is 0.957 bits per heavy atom. The van der Waals surface area contributed by atoms with E-state index in [1.807, 2.05) is 6.92 Å². The smallest absolute Gasteiger partial charge is 0.225 e. The van der Waals surface area contributed by atoms with Crippen molar-refractivity contribution in [1.82, 2.24) is 9.97 Å². The molecule has 1 aromatic heterocycles. The highest BCUT2D eigenvalue weighted by molar-refractivity contribution is 5.45. The van der Waals surface area contributed by atoms with Gasteiger partial charge in [-0.05, 0) is 32.3 Å². The number of aryl methyl sites for hydroxylation is 2. The minimum atomic E-state index is 0.706. The van der Waals surface area contributed by atoms with Crippen LogP contribution in [0.25, 0.3) is 0 Å². The number of nitrogens with zero attached hydrogens (tertiary/aromatic N) is 3. The monoisotopic (exact) mass is 312 g/mol. The second kappa shape index (κ2) is 8.51. The van der Waals surface area contributed by atoms with Crippen molar-refractivity contribution in [3.63, 3.8) is 0 Å². The van der Waals surface area contributed by atoms with Crippen LogP contribution in [0.15, 0.2) is 30.3 Å². The molecule has 0 aliphatic heterocycles. The summed E-state index contributed by atoms with van der Waals surface area (Å²) in [6.45, 7) is 11.3. The van der Waals surface area contributed by atoms with Crippen LogP contribution in [0.4, 0.5) is 11.8 Å². The summed E-state index contributed by atoms with van der Waals surface area (Å²) >= 11 is 0. The summed E-state index contributed by atoms with van der Waals surface area (Å²) in [5.74, 6) is 1.73. The second-order valence-corrected chi connectivity index (χ2v) is 6.02. The summed E-state index contributed by atoms with van der Waals surface area (Å²) in [7, 11) is 0. The van der Waals surface area contributed by atoms with E-state index in [-0.39, 0.29) is 0 Å². The van der Waals surface area contributed by atoms with Crippen molar-refractivity contribution in [3.8, 4) is 0 Å². The van der Waals surface area contributed by atoms with Gasteiger partial charge in [-0.1, -0.05) is 43.7 Å². The van der Waals surface area contributed by atoms with E-state index in [0.29, 0.717) is 5.95 Å². The second-order valence-electron chi connectivity index (χ2n) is 6.02. The highest BCUT2D eigenvalue weighted by Crippen LogP contribution is 2.16. The largest absolute Gasteiger partial charge is 0.356 e. The Morgan fingerprint density at radius 2 is 1.61 bits per heavy atom. The molecule has 1 aromatic carbocycles. The van der Waals surface area contributed by atoms with Crippen LogP contribution >= 0.6 is 0 Å². The molecule has 23 heavy (non-hydrogen) atoms. The Balaban J connectivity index is 2.11. The molecule has 0 aliphatic carbocycles. The molecule has 0 fully saturated rings. The molecule has 0 unspecified atom stereocenters. The van der Waals surface area contributed by atoms with E-state index < -0.39 is 0 Å². The molecule has 0 radical (unpaired) electrons. The Hall–Kier alpha value is -2.10. The van der Waals surface area contributed by atoms with Crippen molar-refractivity contribution in [2.24, 2.45) is 0 Å². The summed E-state index contributed by atoms with van der Waals surface area (Å²) in [5, 5.41) is 3.35. The van der Waals surface area contributed by atoms with Crippen LogP contribution in [0.5, 0.6) is 0 Å². The fourth-order valence-corrected chi connectivity index (χ4v) is 2.56. The van der Waals surface area contributed by atoms with Crippen LogP contribution in [0.3, 0.4) is 0 Å². The Labute approximate surface area is 140 Å². The predicted octanol–water partition coefficient (Wildman–Crippen LogP) is 4.33. The number of anilines is 2. The van der Waals surface area contributed by atoms with Gasteiger partial charge < -0.3 is 10.2 Å². The minimum Gasteiger partial charge on any atom is -0.356 e. The minimum absolute atomic E-state index is 0.706. The third kappa shape index (κ3) is 5.23. The molecule has 0 aliphatic rings. The Bertz CT molecular complexity index is 601. The molecule has 124 valence electrons. The number of nitrogens with one attached hydrogen (secondary N) is 1. The van der Waals surface area contributed by atoms with Gasteiger partial charge in [-0.3, -0.25) is 0 Å². The highest BCUT2D eigenvalue weighted by Gasteiger charge is 2.09. The van der Waals surface area contributed by atoms with Gasteiger partial charge in [0.15, 0.2) is 0 Å². The van der Waals surface area contributed by atoms with Gasteiger partial charge >= 0.3 is 0 Å².